The van der Waals surface area contributed by atoms with Gasteiger partial charge in [-0.15, -0.1) is 0 Å². The first kappa shape index (κ1) is 31.3. The van der Waals surface area contributed by atoms with E-state index in [1.54, 1.807) is 77.9 Å². The van der Waals surface area contributed by atoms with Gasteiger partial charge in [-0.05, 0) is 75.6 Å². The van der Waals surface area contributed by atoms with E-state index >= 15 is 4.79 Å². The van der Waals surface area contributed by atoms with Crippen LogP contribution in [0, 0.1) is 0 Å². The number of hydrogen-bond donors (Lipinski definition) is 1. The maximum Gasteiger partial charge on any atom is 0.431 e. The third-order valence-corrected chi connectivity index (χ3v) is 7.21. The molecule has 232 valence electrons. The summed E-state index contributed by atoms with van der Waals surface area (Å²) in [5.41, 5.74) is -0.00552. The van der Waals surface area contributed by atoms with Gasteiger partial charge in [0.2, 0.25) is 0 Å². The third kappa shape index (κ3) is 6.24. The van der Waals surface area contributed by atoms with Crippen LogP contribution in [0.15, 0.2) is 97.1 Å². The Labute approximate surface area is 262 Å². The van der Waals surface area contributed by atoms with Gasteiger partial charge in [0.15, 0.2) is 5.54 Å². The Bertz CT molecular complexity index is 1770. The van der Waals surface area contributed by atoms with E-state index in [4.69, 9.17) is 9.47 Å². The molecule has 0 fully saturated rings. The Hall–Kier alpha value is -5.18. The van der Waals surface area contributed by atoms with Crippen molar-refractivity contribution in [3.05, 3.63) is 119 Å². The molecule has 0 aromatic heterocycles. The van der Waals surface area contributed by atoms with Crippen LogP contribution in [0.4, 0.5) is 9.59 Å². The van der Waals surface area contributed by atoms with Gasteiger partial charge in [-0.2, -0.15) is 5.01 Å². The molecule has 1 atom stereocenters. The van der Waals surface area contributed by atoms with Gasteiger partial charge >= 0.3 is 12.2 Å². The lowest BCUT2D eigenvalue weighted by Crippen LogP contribution is -2.68. The molecular weight excluding hydrogens is 570 g/mol. The largest absolute Gasteiger partial charge is 0.443 e. The van der Waals surface area contributed by atoms with Crippen molar-refractivity contribution in [1.29, 1.82) is 0 Å². The second-order valence-electron chi connectivity index (χ2n) is 12.9. The average Bonchev–Trinajstić information content (AvgIpc) is 2.97. The molecule has 0 spiro atoms. The van der Waals surface area contributed by atoms with Crippen molar-refractivity contribution in [3.63, 3.8) is 0 Å². The fourth-order valence-electron chi connectivity index (χ4n) is 5.45. The van der Waals surface area contributed by atoms with Crippen LogP contribution in [0.25, 0.3) is 10.8 Å². The Morgan fingerprint density at radius 3 is 2.02 bits per heavy atom. The summed E-state index contributed by atoms with van der Waals surface area (Å²) >= 11 is 0. The number of nitrogens with zero attached hydrogens (tertiary/aromatic N) is 2. The summed E-state index contributed by atoms with van der Waals surface area (Å²) in [4.78, 5) is 58.1. The molecule has 1 aliphatic rings. The minimum Gasteiger partial charge on any atom is -0.443 e. The lowest BCUT2D eigenvalue weighted by Gasteiger charge is -2.47. The first-order valence-corrected chi connectivity index (χ1v) is 14.7. The molecule has 0 bridgehead atoms. The fourth-order valence-corrected chi connectivity index (χ4v) is 5.45. The first-order chi connectivity index (χ1) is 21.2. The number of ether oxygens (including phenoxy) is 2. The molecule has 1 heterocycles. The Morgan fingerprint density at radius 1 is 0.756 bits per heavy atom. The average molecular weight is 608 g/mol. The number of hydrogen-bond acceptors (Lipinski definition) is 6. The highest BCUT2D eigenvalue weighted by atomic mass is 16.6. The number of amides is 4. The van der Waals surface area contributed by atoms with E-state index in [2.05, 4.69) is 5.43 Å². The number of fused-ring (bicyclic) bond motifs is 2. The standard InChI is InChI=1S/C36H37N3O6/c1-34(2,3)44-32(42)37-39(33(43)45-35(4,5)6)36(27-21-20-25-16-10-11-17-26(25)22-27)29-19-13-12-18-28(29)30(40)38(31(36)41)23-24-14-8-7-9-15-24/h7-22H,23H2,1-6H3,(H,37,42)/t36-/m0/s1. The van der Waals surface area contributed by atoms with Crippen LogP contribution in [-0.4, -0.2) is 45.1 Å². The summed E-state index contributed by atoms with van der Waals surface area (Å²) in [5.74, 6) is -1.27. The molecule has 9 heteroatoms. The maximum atomic E-state index is 15.2. The predicted molar refractivity (Wildman–Crippen MR) is 170 cm³/mol. The molecule has 1 N–H and O–H groups in total. The van der Waals surface area contributed by atoms with Crippen LogP contribution < -0.4 is 5.43 Å². The van der Waals surface area contributed by atoms with E-state index < -0.39 is 40.7 Å². The van der Waals surface area contributed by atoms with Crippen molar-refractivity contribution in [2.45, 2.75) is 64.8 Å². The third-order valence-electron chi connectivity index (χ3n) is 7.21. The van der Waals surface area contributed by atoms with Crippen molar-refractivity contribution in [2.75, 3.05) is 0 Å². The van der Waals surface area contributed by atoms with Crippen molar-refractivity contribution >= 4 is 34.8 Å². The number of carbonyl (C=O) groups is 4. The second kappa shape index (κ2) is 11.7. The van der Waals surface area contributed by atoms with Gasteiger partial charge in [-0.3, -0.25) is 14.5 Å². The summed E-state index contributed by atoms with van der Waals surface area (Å²) in [6, 6.07) is 28.6. The van der Waals surface area contributed by atoms with Crippen LogP contribution in [0.2, 0.25) is 0 Å². The number of carbonyl (C=O) groups excluding carboxylic acids is 4. The van der Waals surface area contributed by atoms with Gasteiger partial charge in [0.05, 0.1) is 6.54 Å². The molecule has 0 unspecified atom stereocenters. The molecular formula is C36H37N3O6. The van der Waals surface area contributed by atoms with Gasteiger partial charge in [0, 0.05) is 11.1 Å². The highest BCUT2D eigenvalue weighted by Crippen LogP contribution is 2.44. The molecule has 9 nitrogen and oxygen atoms in total. The van der Waals surface area contributed by atoms with E-state index in [0.717, 1.165) is 20.7 Å². The van der Waals surface area contributed by atoms with E-state index in [1.807, 2.05) is 60.7 Å². The van der Waals surface area contributed by atoms with Crippen LogP contribution in [-0.2, 0) is 26.4 Å². The topological polar surface area (TPSA) is 105 Å². The molecule has 5 rings (SSSR count). The predicted octanol–water partition coefficient (Wildman–Crippen LogP) is 6.94. The number of hydrazine groups is 1. The van der Waals surface area contributed by atoms with E-state index in [1.165, 1.54) is 0 Å². The van der Waals surface area contributed by atoms with Gasteiger partial charge in [-0.25, -0.2) is 15.0 Å². The molecule has 0 saturated heterocycles. The SMILES string of the molecule is CC(C)(C)OC(=O)NN(C(=O)OC(C)(C)C)[C@]1(c2ccc3ccccc3c2)C(=O)N(Cc2ccccc2)C(=O)c2ccccc21. The zero-order valence-electron chi connectivity index (χ0n) is 26.3. The van der Waals surface area contributed by atoms with Crippen molar-refractivity contribution in [1.82, 2.24) is 15.3 Å². The minimum absolute atomic E-state index is 0.0727. The second-order valence-corrected chi connectivity index (χ2v) is 12.9. The summed E-state index contributed by atoms with van der Waals surface area (Å²) in [6.45, 7) is 10.0. The van der Waals surface area contributed by atoms with Gasteiger partial charge in [0.25, 0.3) is 11.8 Å². The fraction of sp³-hybridized carbons (Fsp3) is 0.278. The molecule has 4 aromatic rings. The molecule has 4 amide bonds. The van der Waals surface area contributed by atoms with Gasteiger partial charge < -0.3 is 9.47 Å². The molecule has 0 aliphatic carbocycles. The van der Waals surface area contributed by atoms with Crippen LogP contribution >= 0.6 is 0 Å². The Morgan fingerprint density at radius 2 is 1.36 bits per heavy atom. The first-order valence-electron chi connectivity index (χ1n) is 14.7. The highest BCUT2D eigenvalue weighted by Gasteiger charge is 2.59. The lowest BCUT2D eigenvalue weighted by molar-refractivity contribution is -0.143. The normalized spacial score (nSPS) is 16.6. The van der Waals surface area contributed by atoms with Crippen LogP contribution in [0.3, 0.4) is 0 Å². The monoisotopic (exact) mass is 607 g/mol. The molecule has 1 aliphatic heterocycles. The summed E-state index contributed by atoms with van der Waals surface area (Å²) in [5, 5.41) is 2.56. The maximum absolute atomic E-state index is 15.2. The number of benzene rings is 4. The smallest absolute Gasteiger partial charge is 0.431 e. The number of imide groups is 1. The van der Waals surface area contributed by atoms with Crippen LogP contribution in [0.1, 0.15) is 68.6 Å². The summed E-state index contributed by atoms with van der Waals surface area (Å²) < 4.78 is 11.4. The Balaban J connectivity index is 1.84. The van der Waals surface area contributed by atoms with Crippen molar-refractivity contribution < 1.29 is 28.7 Å². The molecule has 0 radical (unpaired) electrons. The molecule has 4 aromatic carbocycles. The zero-order chi connectivity index (χ0) is 32.6. The summed E-state index contributed by atoms with van der Waals surface area (Å²) in [7, 11) is 0. The van der Waals surface area contributed by atoms with Gasteiger partial charge in [-0.1, -0.05) is 84.9 Å². The Kier molecular flexibility index (Phi) is 8.14. The van der Waals surface area contributed by atoms with E-state index in [-0.39, 0.29) is 17.7 Å². The molecule has 45 heavy (non-hydrogen) atoms. The van der Waals surface area contributed by atoms with Crippen LogP contribution in [0.5, 0.6) is 0 Å². The van der Waals surface area contributed by atoms with Gasteiger partial charge in [0.1, 0.15) is 11.2 Å². The number of nitrogens with one attached hydrogen (secondary N) is 1. The van der Waals surface area contributed by atoms with Crippen molar-refractivity contribution in [2.24, 2.45) is 0 Å². The number of rotatable bonds is 4. The van der Waals surface area contributed by atoms with E-state index in [9.17, 15) is 14.4 Å². The van der Waals surface area contributed by atoms with Crippen molar-refractivity contribution in [3.8, 4) is 0 Å². The molecule has 0 saturated carbocycles. The lowest BCUT2D eigenvalue weighted by atomic mass is 9.75. The zero-order valence-corrected chi connectivity index (χ0v) is 26.3. The minimum atomic E-state index is -2.08. The summed E-state index contributed by atoms with van der Waals surface area (Å²) in [6.07, 6.45) is -2.00. The highest BCUT2D eigenvalue weighted by molar-refractivity contribution is 6.15. The quantitative estimate of drug-likeness (QED) is 0.199. The van der Waals surface area contributed by atoms with E-state index in [0.29, 0.717) is 11.1 Å².